The highest BCUT2D eigenvalue weighted by Crippen LogP contribution is 2.38. The highest BCUT2D eigenvalue weighted by molar-refractivity contribution is 5.96. The number of hydrogen-bond acceptors (Lipinski definition) is 3. The van der Waals surface area contributed by atoms with Crippen LogP contribution in [0.4, 0.5) is 8.78 Å². The summed E-state index contributed by atoms with van der Waals surface area (Å²) in [5, 5.41) is 2.75. The highest BCUT2D eigenvalue weighted by Gasteiger charge is 2.43. The monoisotopic (exact) mass is 441 g/mol. The number of nitrogens with zero attached hydrogens (tertiary/aromatic N) is 2. The zero-order valence-corrected chi connectivity index (χ0v) is 18.2. The van der Waals surface area contributed by atoms with Crippen molar-refractivity contribution in [3.8, 4) is 0 Å². The molecule has 2 aromatic rings. The van der Waals surface area contributed by atoms with Crippen LogP contribution in [0.25, 0.3) is 0 Å². The second kappa shape index (κ2) is 9.77. The van der Waals surface area contributed by atoms with Gasteiger partial charge in [0.05, 0.1) is 6.54 Å². The summed E-state index contributed by atoms with van der Waals surface area (Å²) in [6.07, 6.45) is 4.44. The molecule has 2 fully saturated rings. The minimum absolute atomic E-state index is 0.0201. The van der Waals surface area contributed by atoms with Crippen molar-refractivity contribution in [2.75, 3.05) is 26.2 Å². The first-order valence-corrected chi connectivity index (χ1v) is 11.3. The molecular formula is C25H29F2N3O2. The lowest BCUT2D eigenvalue weighted by molar-refractivity contribution is -0.134. The number of nitrogens with one attached hydrogen (secondary N) is 1. The van der Waals surface area contributed by atoms with Gasteiger partial charge in [-0.2, -0.15) is 0 Å². The Morgan fingerprint density at radius 1 is 0.938 bits per heavy atom. The molecule has 5 nitrogen and oxygen atoms in total. The molecular weight excluding hydrogens is 412 g/mol. The van der Waals surface area contributed by atoms with Crippen LogP contribution in [0.2, 0.25) is 0 Å². The summed E-state index contributed by atoms with van der Waals surface area (Å²) < 4.78 is 27.6. The summed E-state index contributed by atoms with van der Waals surface area (Å²) >= 11 is 0. The van der Waals surface area contributed by atoms with Crippen molar-refractivity contribution < 1.29 is 18.4 Å². The Kier molecular flexibility index (Phi) is 6.84. The van der Waals surface area contributed by atoms with E-state index in [1.807, 2.05) is 11.0 Å². The van der Waals surface area contributed by atoms with Gasteiger partial charge in [0.15, 0.2) is 0 Å². The first kappa shape index (κ1) is 22.4. The van der Waals surface area contributed by atoms with Crippen LogP contribution in [0.15, 0.2) is 48.5 Å². The molecule has 0 saturated carbocycles. The van der Waals surface area contributed by atoms with Crippen molar-refractivity contribution in [2.24, 2.45) is 0 Å². The molecule has 0 aliphatic carbocycles. The van der Waals surface area contributed by atoms with Crippen molar-refractivity contribution in [2.45, 2.75) is 44.2 Å². The second-order valence-electron chi connectivity index (χ2n) is 8.79. The number of carbonyl (C=O) groups excluding carboxylic acids is 2. The Morgan fingerprint density at radius 3 is 2.47 bits per heavy atom. The van der Waals surface area contributed by atoms with Crippen molar-refractivity contribution in [3.63, 3.8) is 0 Å². The van der Waals surface area contributed by atoms with Gasteiger partial charge in [0.2, 0.25) is 5.91 Å². The Balaban J connectivity index is 1.36. The topological polar surface area (TPSA) is 52.7 Å². The highest BCUT2D eigenvalue weighted by atomic mass is 19.1. The van der Waals surface area contributed by atoms with Gasteiger partial charge in [-0.05, 0) is 69.0 Å². The molecule has 2 heterocycles. The number of benzene rings is 2. The molecule has 1 N–H and O–H groups in total. The lowest BCUT2D eigenvalue weighted by Gasteiger charge is -2.38. The zero-order valence-electron chi connectivity index (χ0n) is 18.2. The van der Waals surface area contributed by atoms with Gasteiger partial charge in [-0.3, -0.25) is 14.5 Å². The molecule has 2 aromatic carbocycles. The van der Waals surface area contributed by atoms with Crippen molar-refractivity contribution in [1.82, 2.24) is 15.1 Å². The molecule has 2 saturated heterocycles. The summed E-state index contributed by atoms with van der Waals surface area (Å²) in [5.41, 5.74) is 0.680. The maximum Gasteiger partial charge on any atom is 0.251 e. The number of rotatable bonds is 5. The van der Waals surface area contributed by atoms with E-state index < -0.39 is 11.6 Å². The average molecular weight is 442 g/mol. The standard InChI is InChI=1S/C25H29F2N3O2/c26-21-8-9-22(27)20(16-21)18-29-13-4-10-25(12-15-29)11-5-14-30(25)23(31)17-28-24(32)19-6-2-1-3-7-19/h1-3,6-9,16H,4-5,10-15,17-18H2,(H,28,32)/t25-/m1/s1. The van der Waals surface area contributed by atoms with E-state index in [-0.39, 0.29) is 23.9 Å². The number of carbonyl (C=O) groups is 2. The molecule has 0 aromatic heterocycles. The van der Waals surface area contributed by atoms with E-state index in [1.54, 1.807) is 24.3 Å². The largest absolute Gasteiger partial charge is 0.343 e. The normalized spacial score (nSPS) is 21.5. The van der Waals surface area contributed by atoms with Crippen molar-refractivity contribution in [3.05, 3.63) is 71.3 Å². The molecule has 0 bridgehead atoms. The average Bonchev–Trinajstić information content (AvgIpc) is 3.11. The van der Waals surface area contributed by atoms with Gasteiger partial charge in [0, 0.05) is 36.3 Å². The lowest BCUT2D eigenvalue weighted by atomic mass is 9.87. The minimum atomic E-state index is -0.433. The van der Waals surface area contributed by atoms with Crippen LogP contribution < -0.4 is 5.32 Å². The molecule has 0 unspecified atom stereocenters. The molecule has 32 heavy (non-hydrogen) atoms. The van der Waals surface area contributed by atoms with E-state index in [1.165, 1.54) is 12.1 Å². The number of amides is 2. The SMILES string of the molecule is O=C(NCC(=O)N1CCC[C@@]12CCCN(Cc1cc(F)ccc1F)CC2)c1ccccc1. The van der Waals surface area contributed by atoms with E-state index in [4.69, 9.17) is 0 Å². The van der Waals surface area contributed by atoms with Crippen LogP contribution in [-0.2, 0) is 11.3 Å². The maximum absolute atomic E-state index is 14.1. The third-order valence-corrected chi connectivity index (χ3v) is 6.75. The van der Waals surface area contributed by atoms with E-state index in [2.05, 4.69) is 10.2 Å². The number of hydrogen-bond donors (Lipinski definition) is 1. The van der Waals surface area contributed by atoms with Crippen LogP contribution >= 0.6 is 0 Å². The van der Waals surface area contributed by atoms with Gasteiger partial charge in [0.25, 0.3) is 5.91 Å². The fourth-order valence-electron chi connectivity index (χ4n) is 5.09. The van der Waals surface area contributed by atoms with Gasteiger partial charge < -0.3 is 10.2 Å². The fourth-order valence-corrected chi connectivity index (χ4v) is 5.09. The Morgan fingerprint density at radius 2 is 1.69 bits per heavy atom. The first-order chi connectivity index (χ1) is 15.5. The summed E-state index contributed by atoms with van der Waals surface area (Å²) in [6, 6.07) is 12.4. The molecule has 7 heteroatoms. The lowest BCUT2D eigenvalue weighted by Crippen LogP contribution is -2.51. The first-order valence-electron chi connectivity index (χ1n) is 11.3. The fraction of sp³-hybridized carbons (Fsp3) is 0.440. The van der Waals surface area contributed by atoms with Crippen LogP contribution in [0.3, 0.4) is 0 Å². The summed E-state index contributed by atoms with van der Waals surface area (Å²) in [6.45, 7) is 2.54. The zero-order chi connectivity index (χ0) is 22.6. The van der Waals surface area contributed by atoms with Gasteiger partial charge in [-0.15, -0.1) is 0 Å². The van der Waals surface area contributed by atoms with Crippen molar-refractivity contribution >= 4 is 11.8 Å². The van der Waals surface area contributed by atoms with Crippen LogP contribution in [0, 0.1) is 11.6 Å². The molecule has 1 spiro atoms. The number of likely N-dealkylation sites (tertiary alicyclic amines) is 2. The maximum atomic E-state index is 14.1. The Bertz CT molecular complexity index is 969. The molecule has 1 atom stereocenters. The molecule has 170 valence electrons. The second-order valence-corrected chi connectivity index (χ2v) is 8.79. The van der Waals surface area contributed by atoms with Crippen LogP contribution in [0.5, 0.6) is 0 Å². The summed E-state index contributed by atoms with van der Waals surface area (Å²) in [4.78, 5) is 29.4. The van der Waals surface area contributed by atoms with Gasteiger partial charge in [-0.1, -0.05) is 18.2 Å². The number of halogens is 2. The third kappa shape index (κ3) is 4.99. The van der Waals surface area contributed by atoms with Crippen LogP contribution in [-0.4, -0.2) is 53.3 Å². The summed E-state index contributed by atoms with van der Waals surface area (Å²) in [7, 11) is 0. The molecule has 0 radical (unpaired) electrons. The molecule has 2 aliphatic heterocycles. The smallest absolute Gasteiger partial charge is 0.251 e. The van der Waals surface area contributed by atoms with Gasteiger partial charge >= 0.3 is 0 Å². The molecule has 2 amide bonds. The van der Waals surface area contributed by atoms with E-state index in [9.17, 15) is 18.4 Å². The Hall–Kier alpha value is -2.80. The van der Waals surface area contributed by atoms with Gasteiger partial charge in [-0.25, -0.2) is 8.78 Å². The van der Waals surface area contributed by atoms with Crippen molar-refractivity contribution in [1.29, 1.82) is 0 Å². The molecule has 2 aliphatic rings. The van der Waals surface area contributed by atoms with Crippen LogP contribution in [0.1, 0.15) is 48.0 Å². The predicted octanol–water partition coefficient (Wildman–Crippen LogP) is 3.74. The summed E-state index contributed by atoms with van der Waals surface area (Å²) in [5.74, 6) is -1.14. The van der Waals surface area contributed by atoms with E-state index in [0.717, 1.165) is 51.3 Å². The Labute approximate surface area is 187 Å². The van der Waals surface area contributed by atoms with Gasteiger partial charge in [0.1, 0.15) is 11.6 Å². The third-order valence-electron chi connectivity index (χ3n) is 6.75. The van der Waals surface area contributed by atoms with E-state index >= 15 is 0 Å². The predicted molar refractivity (Wildman–Crippen MR) is 118 cm³/mol. The minimum Gasteiger partial charge on any atom is -0.343 e. The van der Waals surface area contributed by atoms with E-state index in [0.29, 0.717) is 24.2 Å². The quantitative estimate of drug-likeness (QED) is 0.769. The molecule has 4 rings (SSSR count).